The van der Waals surface area contributed by atoms with Crippen LogP contribution in [0.2, 0.25) is 0 Å². The Morgan fingerprint density at radius 3 is 2.50 bits per heavy atom. The van der Waals surface area contributed by atoms with E-state index in [0.717, 1.165) is 32.4 Å². The van der Waals surface area contributed by atoms with E-state index in [1.165, 1.54) is 25.7 Å². The summed E-state index contributed by atoms with van der Waals surface area (Å²) in [6.45, 7) is 4.14. The normalized spacial score (nSPS) is 25.6. The third-order valence-corrected chi connectivity index (χ3v) is 4.41. The number of amides is 1. The monoisotopic (exact) mass is 224 g/mol. The van der Waals surface area contributed by atoms with Crippen LogP contribution in [0.1, 0.15) is 51.9 Å². The molecule has 0 atom stereocenters. The molecule has 0 radical (unpaired) electrons. The predicted octanol–water partition coefficient (Wildman–Crippen LogP) is 1.82. The quantitative estimate of drug-likeness (QED) is 0.768. The van der Waals surface area contributed by atoms with E-state index in [0.29, 0.717) is 11.9 Å². The second-order valence-corrected chi connectivity index (χ2v) is 5.34. The van der Waals surface area contributed by atoms with Gasteiger partial charge in [-0.1, -0.05) is 19.8 Å². The molecule has 1 aliphatic heterocycles. The third-order valence-electron chi connectivity index (χ3n) is 4.41. The van der Waals surface area contributed by atoms with E-state index in [-0.39, 0.29) is 5.41 Å². The predicted molar refractivity (Wildman–Crippen MR) is 65.2 cm³/mol. The Morgan fingerprint density at radius 2 is 1.94 bits per heavy atom. The zero-order valence-electron chi connectivity index (χ0n) is 10.3. The summed E-state index contributed by atoms with van der Waals surface area (Å²) in [5.41, 5.74) is -0.0756. The Kier molecular flexibility index (Phi) is 3.85. The summed E-state index contributed by atoms with van der Waals surface area (Å²) >= 11 is 0. The van der Waals surface area contributed by atoms with Gasteiger partial charge in [-0.2, -0.15) is 0 Å². The Hall–Kier alpha value is -0.570. The standard InChI is InChI=1S/C13H24N2O/c1-2-13(7-9-14-10-8-13)12(16)15-11-5-3-4-6-11/h11,14H,2-10H2,1H3,(H,15,16). The number of carbonyl (C=O) groups is 1. The maximum Gasteiger partial charge on any atom is 0.226 e. The average molecular weight is 224 g/mol. The van der Waals surface area contributed by atoms with Crippen molar-refractivity contribution in [2.45, 2.75) is 57.9 Å². The van der Waals surface area contributed by atoms with Gasteiger partial charge in [-0.25, -0.2) is 0 Å². The van der Waals surface area contributed by atoms with Crippen LogP contribution in [0.3, 0.4) is 0 Å². The highest BCUT2D eigenvalue weighted by Crippen LogP contribution is 2.33. The molecule has 2 N–H and O–H groups in total. The van der Waals surface area contributed by atoms with Crippen LogP contribution in [-0.4, -0.2) is 25.0 Å². The Labute approximate surface area is 98.4 Å². The van der Waals surface area contributed by atoms with E-state index in [4.69, 9.17) is 0 Å². The second kappa shape index (κ2) is 5.17. The summed E-state index contributed by atoms with van der Waals surface area (Å²) in [5, 5.41) is 6.62. The number of nitrogens with one attached hydrogen (secondary N) is 2. The van der Waals surface area contributed by atoms with Gasteiger partial charge in [0.1, 0.15) is 0 Å². The van der Waals surface area contributed by atoms with Crippen molar-refractivity contribution in [3.05, 3.63) is 0 Å². The van der Waals surface area contributed by atoms with Crippen molar-refractivity contribution in [1.29, 1.82) is 0 Å². The number of hydrogen-bond donors (Lipinski definition) is 2. The van der Waals surface area contributed by atoms with Crippen molar-refractivity contribution in [3.8, 4) is 0 Å². The van der Waals surface area contributed by atoms with Gasteiger partial charge < -0.3 is 10.6 Å². The Morgan fingerprint density at radius 1 is 1.31 bits per heavy atom. The van der Waals surface area contributed by atoms with Crippen molar-refractivity contribution in [2.75, 3.05) is 13.1 Å². The SMILES string of the molecule is CCC1(C(=O)NC2CCCC2)CCNCC1. The first-order valence-electron chi connectivity index (χ1n) is 6.78. The smallest absolute Gasteiger partial charge is 0.226 e. The Bertz CT molecular complexity index is 240. The molecule has 3 nitrogen and oxygen atoms in total. The molecule has 0 aromatic carbocycles. The molecule has 2 rings (SSSR count). The van der Waals surface area contributed by atoms with Crippen LogP contribution < -0.4 is 10.6 Å². The summed E-state index contributed by atoms with van der Waals surface area (Å²) in [4.78, 5) is 12.4. The van der Waals surface area contributed by atoms with Crippen LogP contribution in [0.25, 0.3) is 0 Å². The Balaban J connectivity index is 1.94. The first kappa shape index (κ1) is 11.9. The molecular weight excluding hydrogens is 200 g/mol. The van der Waals surface area contributed by atoms with Crippen molar-refractivity contribution < 1.29 is 4.79 Å². The van der Waals surface area contributed by atoms with Crippen LogP contribution in [0, 0.1) is 5.41 Å². The molecular formula is C13H24N2O. The van der Waals surface area contributed by atoms with Crippen molar-refractivity contribution in [1.82, 2.24) is 10.6 Å². The van der Waals surface area contributed by atoms with Crippen molar-refractivity contribution in [2.24, 2.45) is 5.41 Å². The zero-order chi connectivity index (χ0) is 11.4. The van der Waals surface area contributed by atoms with Crippen LogP contribution in [0.5, 0.6) is 0 Å². The molecule has 3 heteroatoms. The molecule has 0 bridgehead atoms. The third kappa shape index (κ3) is 2.40. The van der Waals surface area contributed by atoms with Gasteiger partial charge >= 0.3 is 0 Å². The van der Waals surface area contributed by atoms with E-state index in [9.17, 15) is 4.79 Å². The molecule has 2 fully saturated rings. The lowest BCUT2D eigenvalue weighted by molar-refractivity contribution is -0.133. The van der Waals surface area contributed by atoms with E-state index < -0.39 is 0 Å². The van der Waals surface area contributed by atoms with E-state index in [2.05, 4.69) is 17.6 Å². The average Bonchev–Trinajstić information content (AvgIpc) is 2.82. The maximum atomic E-state index is 12.4. The summed E-state index contributed by atoms with van der Waals surface area (Å²) in [5.74, 6) is 0.323. The fourth-order valence-corrected chi connectivity index (χ4v) is 3.06. The number of rotatable bonds is 3. The molecule has 1 amide bonds. The van der Waals surface area contributed by atoms with Gasteiger partial charge in [-0.05, 0) is 45.2 Å². The van der Waals surface area contributed by atoms with Gasteiger partial charge in [0.15, 0.2) is 0 Å². The minimum atomic E-state index is -0.0756. The maximum absolute atomic E-state index is 12.4. The topological polar surface area (TPSA) is 41.1 Å². The molecule has 0 aromatic heterocycles. The minimum absolute atomic E-state index is 0.0756. The number of piperidine rings is 1. The molecule has 2 aliphatic rings. The lowest BCUT2D eigenvalue weighted by atomic mass is 9.75. The van der Waals surface area contributed by atoms with E-state index in [1.807, 2.05) is 0 Å². The minimum Gasteiger partial charge on any atom is -0.353 e. The van der Waals surface area contributed by atoms with Crippen molar-refractivity contribution in [3.63, 3.8) is 0 Å². The molecule has 1 aliphatic carbocycles. The second-order valence-electron chi connectivity index (χ2n) is 5.34. The highest BCUT2D eigenvalue weighted by Gasteiger charge is 2.38. The molecule has 1 saturated carbocycles. The summed E-state index contributed by atoms with van der Waals surface area (Å²) in [6.07, 6.45) is 7.92. The molecule has 0 spiro atoms. The van der Waals surface area contributed by atoms with Gasteiger partial charge in [-0.15, -0.1) is 0 Å². The van der Waals surface area contributed by atoms with Crippen LogP contribution in [0.4, 0.5) is 0 Å². The largest absolute Gasteiger partial charge is 0.353 e. The highest BCUT2D eigenvalue weighted by molar-refractivity contribution is 5.83. The first-order valence-corrected chi connectivity index (χ1v) is 6.78. The number of carbonyl (C=O) groups excluding carboxylic acids is 1. The summed E-state index contributed by atoms with van der Waals surface area (Å²) < 4.78 is 0. The van der Waals surface area contributed by atoms with Crippen LogP contribution in [0.15, 0.2) is 0 Å². The van der Waals surface area contributed by atoms with Gasteiger partial charge in [0.25, 0.3) is 0 Å². The molecule has 92 valence electrons. The lowest BCUT2D eigenvalue weighted by Crippen LogP contribution is -2.49. The van der Waals surface area contributed by atoms with E-state index >= 15 is 0 Å². The fourth-order valence-electron chi connectivity index (χ4n) is 3.06. The molecule has 1 saturated heterocycles. The van der Waals surface area contributed by atoms with Crippen LogP contribution in [-0.2, 0) is 4.79 Å². The fraction of sp³-hybridized carbons (Fsp3) is 0.923. The van der Waals surface area contributed by atoms with Gasteiger partial charge in [-0.3, -0.25) is 4.79 Å². The summed E-state index contributed by atoms with van der Waals surface area (Å²) in [6, 6.07) is 0.464. The van der Waals surface area contributed by atoms with E-state index in [1.54, 1.807) is 0 Å². The van der Waals surface area contributed by atoms with Gasteiger partial charge in [0.2, 0.25) is 5.91 Å². The molecule has 16 heavy (non-hydrogen) atoms. The van der Waals surface area contributed by atoms with Crippen molar-refractivity contribution >= 4 is 5.91 Å². The van der Waals surface area contributed by atoms with Crippen LogP contribution >= 0.6 is 0 Å². The van der Waals surface area contributed by atoms with Gasteiger partial charge in [0.05, 0.1) is 5.41 Å². The molecule has 0 unspecified atom stereocenters. The number of hydrogen-bond acceptors (Lipinski definition) is 2. The summed E-state index contributed by atoms with van der Waals surface area (Å²) in [7, 11) is 0. The lowest BCUT2D eigenvalue weighted by Gasteiger charge is -2.36. The first-order chi connectivity index (χ1) is 7.77. The highest BCUT2D eigenvalue weighted by atomic mass is 16.2. The zero-order valence-corrected chi connectivity index (χ0v) is 10.3. The molecule has 1 heterocycles. The van der Waals surface area contributed by atoms with Gasteiger partial charge in [0, 0.05) is 6.04 Å². The molecule has 0 aromatic rings.